The van der Waals surface area contributed by atoms with Gasteiger partial charge in [-0.2, -0.15) is 0 Å². The molecule has 5 rings (SSSR count). The number of benzene rings is 2. The Balaban J connectivity index is 1.63. The lowest BCUT2D eigenvalue weighted by Gasteiger charge is -2.34. The van der Waals surface area contributed by atoms with E-state index >= 15 is 0 Å². The number of Topliss-reactive ketones (excluding diaryl/α,β-unsaturated/α-hetero) is 1. The Kier molecular flexibility index (Phi) is 4.60. The zero-order valence-electron chi connectivity index (χ0n) is 16.1. The lowest BCUT2D eigenvalue weighted by atomic mass is 9.72. The molecule has 152 valence electrons. The molecule has 0 bridgehead atoms. The van der Waals surface area contributed by atoms with Gasteiger partial charge in [-0.1, -0.05) is 46.6 Å². The van der Waals surface area contributed by atoms with Crippen LogP contribution in [-0.4, -0.2) is 16.0 Å². The van der Waals surface area contributed by atoms with Crippen molar-refractivity contribution in [3.8, 4) is 5.75 Å². The molecule has 0 saturated carbocycles. The molecule has 0 unspecified atom stereocenters. The van der Waals surface area contributed by atoms with Crippen LogP contribution in [0.2, 0.25) is 10.0 Å². The van der Waals surface area contributed by atoms with Gasteiger partial charge in [-0.25, -0.2) is 0 Å². The molecule has 30 heavy (non-hydrogen) atoms. The second-order valence-corrected chi connectivity index (χ2v) is 8.59. The van der Waals surface area contributed by atoms with E-state index in [-0.39, 0.29) is 23.4 Å². The van der Waals surface area contributed by atoms with Gasteiger partial charge in [-0.15, -0.1) is 0 Å². The van der Waals surface area contributed by atoms with Gasteiger partial charge in [0.1, 0.15) is 5.75 Å². The van der Waals surface area contributed by atoms with Gasteiger partial charge in [0.15, 0.2) is 5.78 Å². The fourth-order valence-corrected chi connectivity index (χ4v) is 5.02. The first-order valence-electron chi connectivity index (χ1n) is 9.65. The maximum absolute atomic E-state index is 13.4. The molecule has 0 saturated heterocycles. The molecule has 0 radical (unpaired) electrons. The maximum Gasteiger partial charge on any atom is 0.233 e. The van der Waals surface area contributed by atoms with Gasteiger partial charge >= 0.3 is 0 Å². The highest BCUT2D eigenvalue weighted by Gasteiger charge is 2.41. The number of phenolic OH excluding ortho intramolecular Hbond substituents is 1. The highest BCUT2D eigenvalue weighted by Crippen LogP contribution is 2.50. The highest BCUT2D eigenvalue weighted by atomic mass is 35.5. The number of aromatic nitrogens is 1. The van der Waals surface area contributed by atoms with E-state index in [0.29, 0.717) is 40.0 Å². The van der Waals surface area contributed by atoms with Crippen LogP contribution in [0.4, 0.5) is 5.88 Å². The molecule has 2 heterocycles. The molecule has 0 amide bonds. The number of aryl methyl sites for hydroxylation is 1. The van der Waals surface area contributed by atoms with Crippen LogP contribution in [0.25, 0.3) is 0 Å². The van der Waals surface area contributed by atoms with Crippen LogP contribution in [-0.2, 0) is 4.79 Å². The second kappa shape index (κ2) is 7.18. The number of anilines is 1. The van der Waals surface area contributed by atoms with Crippen LogP contribution in [0.15, 0.2) is 58.3 Å². The minimum atomic E-state index is -0.361. The molecule has 5 nitrogen and oxygen atoms in total. The molecule has 0 fully saturated rings. The average Bonchev–Trinajstić information content (AvgIpc) is 3.08. The van der Waals surface area contributed by atoms with E-state index in [1.165, 1.54) is 0 Å². The lowest BCUT2D eigenvalue weighted by molar-refractivity contribution is -0.116. The molecule has 7 heteroatoms. The summed E-state index contributed by atoms with van der Waals surface area (Å²) in [6, 6.07) is 12.3. The predicted molar refractivity (Wildman–Crippen MR) is 115 cm³/mol. The second-order valence-electron chi connectivity index (χ2n) is 7.75. The fourth-order valence-electron chi connectivity index (χ4n) is 4.50. The van der Waals surface area contributed by atoms with Gasteiger partial charge in [0.05, 0.1) is 11.3 Å². The fraction of sp³-hybridized carbons (Fsp3) is 0.217. The van der Waals surface area contributed by atoms with E-state index in [1.807, 2.05) is 25.1 Å². The van der Waals surface area contributed by atoms with Crippen LogP contribution in [0, 0.1) is 6.92 Å². The molecule has 2 N–H and O–H groups in total. The Morgan fingerprint density at radius 3 is 2.63 bits per heavy atom. The summed E-state index contributed by atoms with van der Waals surface area (Å²) in [5.74, 6) is 0.457. The minimum Gasteiger partial charge on any atom is -0.508 e. The summed E-state index contributed by atoms with van der Waals surface area (Å²) in [5, 5.41) is 18.0. The Bertz CT molecular complexity index is 1200. The number of fused-ring (bicyclic) bond motifs is 1. The molecule has 0 spiro atoms. The zero-order chi connectivity index (χ0) is 21.0. The van der Waals surface area contributed by atoms with Crippen molar-refractivity contribution in [2.24, 2.45) is 0 Å². The third-order valence-corrected chi connectivity index (χ3v) is 6.46. The number of rotatable bonds is 2. The van der Waals surface area contributed by atoms with Crippen molar-refractivity contribution in [2.75, 3.05) is 5.32 Å². The van der Waals surface area contributed by atoms with Crippen LogP contribution >= 0.6 is 23.2 Å². The quantitative estimate of drug-likeness (QED) is 0.514. The summed E-state index contributed by atoms with van der Waals surface area (Å²) < 4.78 is 5.53. The first kappa shape index (κ1) is 19.2. The number of nitrogens with one attached hydrogen (secondary N) is 1. The largest absolute Gasteiger partial charge is 0.508 e. The first-order chi connectivity index (χ1) is 14.4. The Hall–Kier alpha value is -2.76. The Morgan fingerprint density at radius 2 is 1.90 bits per heavy atom. The van der Waals surface area contributed by atoms with E-state index in [1.54, 1.807) is 24.3 Å². The van der Waals surface area contributed by atoms with Crippen LogP contribution in [0.3, 0.4) is 0 Å². The number of nitrogens with zero attached hydrogens (tertiary/aromatic N) is 1. The number of carbonyl (C=O) groups is 1. The van der Waals surface area contributed by atoms with Crippen LogP contribution in [0.5, 0.6) is 5.75 Å². The van der Waals surface area contributed by atoms with Crippen molar-refractivity contribution in [1.82, 2.24) is 5.16 Å². The van der Waals surface area contributed by atoms with Crippen LogP contribution in [0.1, 0.15) is 47.1 Å². The van der Waals surface area contributed by atoms with E-state index < -0.39 is 0 Å². The minimum absolute atomic E-state index is 0.0104. The average molecular weight is 441 g/mol. The number of carbonyl (C=O) groups excluding carboxylic acids is 1. The summed E-state index contributed by atoms with van der Waals surface area (Å²) in [6.07, 6.45) is 1.03. The number of hydrogen-bond donors (Lipinski definition) is 2. The van der Waals surface area contributed by atoms with Crippen molar-refractivity contribution in [1.29, 1.82) is 0 Å². The van der Waals surface area contributed by atoms with Crippen molar-refractivity contribution in [2.45, 2.75) is 31.6 Å². The molecule has 2 aromatic carbocycles. The molecule has 3 aromatic rings. The van der Waals surface area contributed by atoms with E-state index in [9.17, 15) is 9.90 Å². The van der Waals surface area contributed by atoms with Gasteiger partial charge in [0.2, 0.25) is 5.88 Å². The highest BCUT2D eigenvalue weighted by molar-refractivity contribution is 6.35. The van der Waals surface area contributed by atoms with E-state index in [0.717, 1.165) is 22.4 Å². The summed E-state index contributed by atoms with van der Waals surface area (Å²) >= 11 is 12.7. The van der Waals surface area contributed by atoms with Gasteiger partial charge < -0.3 is 14.9 Å². The SMILES string of the molecule is Cc1noc2c1[C@H](c1ccc(Cl)cc1Cl)C1=C(C[C@@H](c3ccc(O)cc3)CC1=O)N2. The topological polar surface area (TPSA) is 75.4 Å². The molecule has 1 aliphatic carbocycles. The summed E-state index contributed by atoms with van der Waals surface area (Å²) in [6.45, 7) is 1.86. The molecule has 2 aliphatic rings. The summed E-state index contributed by atoms with van der Waals surface area (Å²) in [5.41, 5.74) is 4.88. The molecular formula is C23H18Cl2N2O3. The zero-order valence-corrected chi connectivity index (χ0v) is 17.6. The van der Waals surface area contributed by atoms with Gasteiger partial charge in [-0.3, -0.25) is 4.79 Å². The van der Waals surface area contributed by atoms with Gasteiger partial charge in [-0.05, 0) is 54.7 Å². The molecular weight excluding hydrogens is 423 g/mol. The van der Waals surface area contributed by atoms with Crippen molar-refractivity contribution in [3.05, 3.63) is 86.2 Å². The van der Waals surface area contributed by atoms with Crippen LogP contribution < -0.4 is 5.32 Å². The van der Waals surface area contributed by atoms with E-state index in [2.05, 4.69) is 10.5 Å². The number of phenols is 1. The van der Waals surface area contributed by atoms with Gasteiger partial charge in [0.25, 0.3) is 0 Å². The number of aromatic hydroxyl groups is 1. The standard InChI is InChI=1S/C23H18Cl2N2O3/c1-11-20-21(16-7-4-14(24)10-17(16)25)22-18(26-23(20)30-27-11)8-13(9-19(22)29)12-2-5-15(28)6-3-12/h2-7,10,13,21,26,28H,8-9H2,1H3/t13-,21+/m1/s1. The third-order valence-electron chi connectivity index (χ3n) is 5.90. The summed E-state index contributed by atoms with van der Waals surface area (Å²) in [7, 11) is 0. The maximum atomic E-state index is 13.4. The molecule has 1 aliphatic heterocycles. The van der Waals surface area contributed by atoms with Crippen molar-refractivity contribution >= 4 is 34.9 Å². The van der Waals surface area contributed by atoms with Crippen molar-refractivity contribution in [3.63, 3.8) is 0 Å². The lowest BCUT2D eigenvalue weighted by Crippen LogP contribution is -2.29. The Labute approximate surface area is 183 Å². The summed E-state index contributed by atoms with van der Waals surface area (Å²) in [4.78, 5) is 13.4. The monoisotopic (exact) mass is 440 g/mol. The Morgan fingerprint density at radius 1 is 1.13 bits per heavy atom. The number of allylic oxidation sites excluding steroid dienone is 2. The van der Waals surface area contributed by atoms with Crippen molar-refractivity contribution < 1.29 is 14.4 Å². The number of halogens is 2. The first-order valence-corrected chi connectivity index (χ1v) is 10.4. The molecule has 1 aromatic heterocycles. The third kappa shape index (κ3) is 3.09. The van der Waals surface area contributed by atoms with Gasteiger partial charge in [0, 0.05) is 33.7 Å². The number of hydrogen-bond acceptors (Lipinski definition) is 5. The normalized spacial score (nSPS) is 20.6. The number of ketones is 1. The smallest absolute Gasteiger partial charge is 0.233 e. The molecule has 2 atom stereocenters. The predicted octanol–water partition coefficient (Wildman–Crippen LogP) is 5.95. The van der Waals surface area contributed by atoms with E-state index in [4.69, 9.17) is 27.7 Å².